The van der Waals surface area contributed by atoms with Crippen LogP contribution in [-0.2, 0) is 0 Å². The molecule has 1 aromatic carbocycles. The molecule has 1 aliphatic rings. The van der Waals surface area contributed by atoms with E-state index in [0.717, 1.165) is 12.1 Å². The maximum Gasteiger partial charge on any atom is 0.215 e. The van der Waals surface area contributed by atoms with Crippen molar-refractivity contribution in [2.75, 3.05) is 6.54 Å². The first-order valence-corrected chi connectivity index (χ1v) is 5.01. The van der Waals surface area contributed by atoms with E-state index in [0.29, 0.717) is 5.56 Å². The lowest BCUT2D eigenvalue weighted by atomic mass is 9.89. The molecule has 6 nitrogen and oxygen atoms in total. The van der Waals surface area contributed by atoms with Gasteiger partial charge >= 0.3 is 0 Å². The molecule has 1 aromatic rings. The fourth-order valence-corrected chi connectivity index (χ4v) is 1.86. The van der Waals surface area contributed by atoms with Crippen molar-refractivity contribution in [3.8, 4) is 11.8 Å². The number of hydrogen-bond acceptors (Lipinski definition) is 5. The Kier molecular flexibility index (Phi) is 2.85. The Labute approximate surface area is 101 Å². The zero-order chi connectivity index (χ0) is 13.3. The Bertz CT molecular complexity index is 592. The number of fused-ring (bicyclic) bond motifs is 1. The second-order valence-corrected chi connectivity index (χ2v) is 3.74. The number of rotatable bonds is 2. The summed E-state index contributed by atoms with van der Waals surface area (Å²) in [6, 6.07) is 5.40. The first kappa shape index (κ1) is 11.9. The summed E-state index contributed by atoms with van der Waals surface area (Å²) in [5.41, 5.74) is 5.89. The van der Waals surface area contributed by atoms with Crippen molar-refractivity contribution in [3.63, 3.8) is 0 Å². The first-order valence-electron chi connectivity index (χ1n) is 5.01. The average Bonchev–Trinajstić information content (AvgIpc) is 2.27. The van der Waals surface area contributed by atoms with Crippen LogP contribution in [-0.4, -0.2) is 11.5 Å². The molecule has 1 aliphatic heterocycles. The zero-order valence-corrected chi connectivity index (χ0v) is 9.09. The van der Waals surface area contributed by atoms with Gasteiger partial charge in [-0.1, -0.05) is 6.07 Å². The van der Waals surface area contributed by atoms with Crippen LogP contribution in [0.2, 0.25) is 0 Å². The Hall–Kier alpha value is -2.62. The summed E-state index contributed by atoms with van der Waals surface area (Å²) in [5.74, 6) is -1.46. The number of nitrogens with zero attached hydrogens (tertiary/aromatic N) is 2. The average molecular weight is 249 g/mol. The number of nitrogens with two attached hydrogens (primary N) is 1. The zero-order valence-electron chi connectivity index (χ0n) is 9.09. The number of ether oxygens (including phenoxy) is 1. The standard InChI is InChI=1S/C11H8FN3O3/c12-6-1-2-7-9(5-15(16)17)8(4-13)11(14)18-10(7)3-6/h1-3,9H,5,14H2. The Morgan fingerprint density at radius 2 is 2.33 bits per heavy atom. The van der Waals surface area contributed by atoms with E-state index in [1.54, 1.807) is 6.07 Å². The molecule has 0 spiro atoms. The summed E-state index contributed by atoms with van der Waals surface area (Å²) in [6.45, 7) is -0.494. The van der Waals surface area contributed by atoms with Crippen molar-refractivity contribution >= 4 is 0 Å². The molecule has 0 amide bonds. The number of benzene rings is 1. The lowest BCUT2D eigenvalue weighted by Gasteiger charge is -2.23. The van der Waals surface area contributed by atoms with Crippen LogP contribution in [0.4, 0.5) is 4.39 Å². The van der Waals surface area contributed by atoms with E-state index in [1.807, 2.05) is 0 Å². The van der Waals surface area contributed by atoms with E-state index in [-0.39, 0.29) is 17.2 Å². The highest BCUT2D eigenvalue weighted by Gasteiger charge is 2.32. The molecule has 92 valence electrons. The third-order valence-electron chi connectivity index (χ3n) is 2.64. The fraction of sp³-hybridized carbons (Fsp3) is 0.182. The van der Waals surface area contributed by atoms with Crippen molar-refractivity contribution in [2.45, 2.75) is 5.92 Å². The third kappa shape index (κ3) is 1.96. The van der Waals surface area contributed by atoms with Gasteiger partial charge in [0, 0.05) is 16.6 Å². The second-order valence-electron chi connectivity index (χ2n) is 3.74. The highest BCUT2D eigenvalue weighted by Crippen LogP contribution is 2.38. The van der Waals surface area contributed by atoms with Crippen LogP contribution < -0.4 is 10.5 Å². The minimum absolute atomic E-state index is 0.00851. The van der Waals surface area contributed by atoms with Crippen LogP contribution in [0.3, 0.4) is 0 Å². The molecular formula is C11H8FN3O3. The van der Waals surface area contributed by atoms with E-state index in [1.165, 1.54) is 6.07 Å². The van der Waals surface area contributed by atoms with E-state index in [9.17, 15) is 14.5 Å². The van der Waals surface area contributed by atoms with Crippen LogP contribution >= 0.6 is 0 Å². The molecule has 0 aliphatic carbocycles. The number of halogens is 1. The van der Waals surface area contributed by atoms with Gasteiger partial charge in [-0.15, -0.1) is 0 Å². The minimum Gasteiger partial charge on any atom is -0.440 e. The van der Waals surface area contributed by atoms with E-state index < -0.39 is 23.2 Å². The highest BCUT2D eigenvalue weighted by molar-refractivity contribution is 5.49. The molecule has 1 heterocycles. The molecule has 2 N–H and O–H groups in total. The molecule has 1 atom stereocenters. The maximum atomic E-state index is 13.1. The minimum atomic E-state index is -0.811. The molecule has 18 heavy (non-hydrogen) atoms. The SMILES string of the molecule is N#CC1=C(N)Oc2cc(F)ccc2C1C[N+](=O)[O-]. The lowest BCUT2D eigenvalue weighted by Crippen LogP contribution is -2.24. The van der Waals surface area contributed by atoms with Gasteiger partial charge in [0.05, 0.1) is 5.92 Å². The molecule has 0 bridgehead atoms. The Morgan fingerprint density at radius 1 is 1.61 bits per heavy atom. The summed E-state index contributed by atoms with van der Waals surface area (Å²) in [6.07, 6.45) is 0. The van der Waals surface area contributed by atoms with E-state index in [2.05, 4.69) is 0 Å². The van der Waals surface area contributed by atoms with Gasteiger partial charge in [0.15, 0.2) is 0 Å². The molecule has 0 aromatic heterocycles. The van der Waals surface area contributed by atoms with Crippen LogP contribution in [0.5, 0.6) is 5.75 Å². The summed E-state index contributed by atoms with van der Waals surface area (Å²) in [5, 5.41) is 19.6. The fourth-order valence-electron chi connectivity index (χ4n) is 1.86. The second kappa shape index (κ2) is 4.33. The van der Waals surface area contributed by atoms with Crippen molar-refractivity contribution in [3.05, 3.63) is 51.2 Å². The Balaban J connectivity index is 2.54. The van der Waals surface area contributed by atoms with Gasteiger partial charge in [-0.2, -0.15) is 5.26 Å². The van der Waals surface area contributed by atoms with E-state index in [4.69, 9.17) is 15.7 Å². The molecule has 7 heteroatoms. The number of nitriles is 1. The molecular weight excluding hydrogens is 241 g/mol. The number of nitro groups is 1. The molecule has 2 rings (SSSR count). The summed E-state index contributed by atoms with van der Waals surface area (Å²) < 4.78 is 18.2. The largest absolute Gasteiger partial charge is 0.440 e. The highest BCUT2D eigenvalue weighted by atomic mass is 19.1. The van der Waals surface area contributed by atoms with E-state index >= 15 is 0 Å². The molecule has 0 radical (unpaired) electrons. The van der Waals surface area contributed by atoms with Gasteiger partial charge in [-0.25, -0.2) is 4.39 Å². The number of hydrogen-bond donors (Lipinski definition) is 1. The summed E-state index contributed by atoms with van der Waals surface area (Å²) in [7, 11) is 0. The quantitative estimate of drug-likeness (QED) is 0.628. The van der Waals surface area contributed by atoms with Crippen molar-refractivity contribution < 1.29 is 14.1 Å². The first-order chi connectivity index (χ1) is 8.52. The Morgan fingerprint density at radius 3 is 2.94 bits per heavy atom. The monoisotopic (exact) mass is 249 g/mol. The molecule has 0 saturated heterocycles. The van der Waals surface area contributed by atoms with Gasteiger partial charge < -0.3 is 10.5 Å². The molecule has 1 unspecified atom stereocenters. The van der Waals surface area contributed by atoms with Gasteiger partial charge in [-0.05, 0) is 6.07 Å². The predicted octanol–water partition coefficient (Wildman–Crippen LogP) is 1.27. The third-order valence-corrected chi connectivity index (χ3v) is 2.64. The normalized spacial score (nSPS) is 17.7. The molecule has 0 fully saturated rings. The predicted molar refractivity (Wildman–Crippen MR) is 58.5 cm³/mol. The van der Waals surface area contributed by atoms with Gasteiger partial charge in [0.25, 0.3) is 0 Å². The summed E-state index contributed by atoms with van der Waals surface area (Å²) in [4.78, 5) is 10.1. The maximum absolute atomic E-state index is 13.1. The van der Waals surface area contributed by atoms with Gasteiger partial charge in [0.2, 0.25) is 12.4 Å². The van der Waals surface area contributed by atoms with Crippen molar-refractivity contribution in [1.29, 1.82) is 5.26 Å². The lowest BCUT2D eigenvalue weighted by molar-refractivity contribution is -0.482. The van der Waals surface area contributed by atoms with Crippen molar-refractivity contribution in [2.24, 2.45) is 5.73 Å². The van der Waals surface area contributed by atoms with Crippen LogP contribution in [0.25, 0.3) is 0 Å². The smallest absolute Gasteiger partial charge is 0.215 e. The van der Waals surface area contributed by atoms with Gasteiger partial charge in [0.1, 0.15) is 23.2 Å². The van der Waals surface area contributed by atoms with Crippen LogP contribution in [0, 0.1) is 27.3 Å². The summed E-state index contributed by atoms with van der Waals surface area (Å²) >= 11 is 0. The van der Waals surface area contributed by atoms with Crippen molar-refractivity contribution in [1.82, 2.24) is 0 Å². The molecule has 0 saturated carbocycles. The van der Waals surface area contributed by atoms with Crippen LogP contribution in [0.15, 0.2) is 29.7 Å². The van der Waals surface area contributed by atoms with Crippen LogP contribution in [0.1, 0.15) is 11.5 Å². The topological polar surface area (TPSA) is 102 Å². The van der Waals surface area contributed by atoms with Gasteiger partial charge in [-0.3, -0.25) is 10.1 Å².